The molecule has 26 heavy (non-hydrogen) atoms. The van der Waals surface area contributed by atoms with Gasteiger partial charge >= 0.3 is 0 Å². The third-order valence-electron chi connectivity index (χ3n) is 4.54. The zero-order valence-electron chi connectivity index (χ0n) is 14.8. The number of fused-ring (bicyclic) bond motifs is 1. The zero-order chi connectivity index (χ0) is 17.9. The van der Waals surface area contributed by atoms with Crippen molar-refractivity contribution in [2.45, 2.75) is 32.4 Å². The number of ether oxygens (including phenoxy) is 2. The Labute approximate surface area is 152 Å². The topological polar surface area (TPSA) is 76.6 Å². The van der Waals surface area contributed by atoms with Gasteiger partial charge in [0, 0.05) is 24.8 Å². The van der Waals surface area contributed by atoms with E-state index in [1.807, 2.05) is 31.2 Å². The Morgan fingerprint density at radius 3 is 2.81 bits per heavy atom. The largest absolute Gasteiger partial charge is 0.485 e. The van der Waals surface area contributed by atoms with Gasteiger partial charge in [0.2, 0.25) is 6.10 Å². The minimum Gasteiger partial charge on any atom is -0.485 e. The lowest BCUT2D eigenvalue weighted by Crippen LogP contribution is -2.43. The number of benzene rings is 1. The molecule has 1 amide bonds. The predicted octanol–water partition coefficient (Wildman–Crippen LogP) is 1.84. The van der Waals surface area contributed by atoms with E-state index < -0.39 is 6.10 Å². The Morgan fingerprint density at radius 2 is 2.00 bits per heavy atom. The zero-order valence-corrected chi connectivity index (χ0v) is 14.8. The van der Waals surface area contributed by atoms with E-state index in [2.05, 4.69) is 20.2 Å². The lowest BCUT2D eigenvalue weighted by molar-refractivity contribution is -0.130. The molecule has 1 saturated heterocycles. The lowest BCUT2D eigenvalue weighted by Gasteiger charge is -2.25. The molecule has 136 valence electrons. The van der Waals surface area contributed by atoms with Crippen molar-refractivity contribution in [3.8, 4) is 11.5 Å². The van der Waals surface area contributed by atoms with Gasteiger partial charge in [-0.1, -0.05) is 12.1 Å². The highest BCUT2D eigenvalue weighted by Crippen LogP contribution is 2.30. The summed E-state index contributed by atoms with van der Waals surface area (Å²) in [5, 5.41) is 2.86. The average Bonchev–Trinajstić information content (AvgIpc) is 3.20. The van der Waals surface area contributed by atoms with E-state index in [-0.39, 0.29) is 19.1 Å². The molecule has 0 bridgehead atoms. The van der Waals surface area contributed by atoms with E-state index in [0.717, 1.165) is 24.6 Å². The number of carbonyl (C=O) groups is 1. The average molecular weight is 354 g/mol. The van der Waals surface area contributed by atoms with Crippen molar-refractivity contribution in [3.63, 3.8) is 0 Å². The van der Waals surface area contributed by atoms with Gasteiger partial charge in [0.05, 0.1) is 6.54 Å². The molecule has 1 N–H and O–H groups in total. The molecule has 0 spiro atoms. The fourth-order valence-electron chi connectivity index (χ4n) is 3.23. The summed E-state index contributed by atoms with van der Waals surface area (Å²) in [5.41, 5.74) is 0.900. The van der Waals surface area contributed by atoms with Crippen molar-refractivity contribution in [1.82, 2.24) is 15.3 Å². The first-order valence-electron chi connectivity index (χ1n) is 8.95. The quantitative estimate of drug-likeness (QED) is 0.903. The Kier molecular flexibility index (Phi) is 4.60. The monoisotopic (exact) mass is 354 g/mol. The summed E-state index contributed by atoms with van der Waals surface area (Å²) in [5.74, 6) is 2.56. The highest BCUT2D eigenvalue weighted by molar-refractivity contribution is 5.81. The van der Waals surface area contributed by atoms with Gasteiger partial charge in [-0.2, -0.15) is 0 Å². The number of rotatable bonds is 4. The summed E-state index contributed by atoms with van der Waals surface area (Å²) < 4.78 is 11.3. The number of hydrogen-bond donors (Lipinski definition) is 1. The molecule has 7 nitrogen and oxygen atoms in total. The van der Waals surface area contributed by atoms with Gasteiger partial charge < -0.3 is 19.7 Å². The van der Waals surface area contributed by atoms with Crippen molar-refractivity contribution in [2.24, 2.45) is 0 Å². The first-order chi connectivity index (χ1) is 12.7. The minimum absolute atomic E-state index is 0.191. The van der Waals surface area contributed by atoms with Gasteiger partial charge in [-0.05, 0) is 31.9 Å². The van der Waals surface area contributed by atoms with Gasteiger partial charge in [-0.15, -0.1) is 0 Å². The number of amides is 1. The summed E-state index contributed by atoms with van der Waals surface area (Å²) in [4.78, 5) is 23.7. The van der Waals surface area contributed by atoms with E-state index >= 15 is 0 Å². The molecule has 2 aliphatic rings. The fourth-order valence-corrected chi connectivity index (χ4v) is 3.23. The van der Waals surface area contributed by atoms with E-state index in [1.165, 1.54) is 12.8 Å². The van der Waals surface area contributed by atoms with E-state index in [0.29, 0.717) is 17.3 Å². The summed E-state index contributed by atoms with van der Waals surface area (Å²) >= 11 is 0. The highest BCUT2D eigenvalue weighted by Gasteiger charge is 2.27. The van der Waals surface area contributed by atoms with E-state index in [1.54, 1.807) is 6.07 Å². The summed E-state index contributed by atoms with van der Waals surface area (Å²) in [6, 6.07) is 9.33. The standard InChI is InChI=1S/C19H22N4O3/c1-13-10-18(23-8-4-5-9-23)22-17(21-13)11-20-19(24)16-12-25-14-6-2-3-7-15(14)26-16/h2-3,6-7,10,16H,4-5,8-9,11-12H2,1H3,(H,20,24). The molecule has 2 aromatic rings. The van der Waals surface area contributed by atoms with E-state index in [9.17, 15) is 4.79 Å². The van der Waals surface area contributed by atoms with Crippen LogP contribution in [-0.2, 0) is 11.3 Å². The number of nitrogens with zero attached hydrogens (tertiary/aromatic N) is 3. The van der Waals surface area contributed by atoms with Crippen molar-refractivity contribution >= 4 is 11.7 Å². The van der Waals surface area contributed by atoms with Crippen LogP contribution in [-0.4, -0.2) is 41.7 Å². The number of carbonyl (C=O) groups excluding carboxylic acids is 1. The van der Waals surface area contributed by atoms with Gasteiger partial charge in [-0.3, -0.25) is 4.79 Å². The normalized spacial score (nSPS) is 18.7. The SMILES string of the molecule is Cc1cc(N2CCCC2)nc(CNC(=O)C2COc3ccccc3O2)n1. The number of hydrogen-bond acceptors (Lipinski definition) is 6. The number of anilines is 1. The molecule has 0 radical (unpaired) electrons. The van der Waals surface area contributed by atoms with Crippen LogP contribution in [0, 0.1) is 6.92 Å². The lowest BCUT2D eigenvalue weighted by atomic mass is 10.2. The molecule has 7 heteroatoms. The van der Waals surface area contributed by atoms with Crippen molar-refractivity contribution < 1.29 is 14.3 Å². The summed E-state index contributed by atoms with van der Waals surface area (Å²) in [6.07, 6.45) is 1.71. The first-order valence-corrected chi connectivity index (χ1v) is 8.95. The number of nitrogens with one attached hydrogen (secondary N) is 1. The van der Waals surface area contributed by atoms with Crippen LogP contribution < -0.4 is 19.7 Å². The molecule has 1 aromatic carbocycles. The highest BCUT2D eigenvalue weighted by atomic mass is 16.6. The van der Waals surface area contributed by atoms with Gasteiger partial charge in [0.1, 0.15) is 18.2 Å². The van der Waals surface area contributed by atoms with Crippen molar-refractivity contribution in [1.29, 1.82) is 0 Å². The van der Waals surface area contributed by atoms with Crippen LogP contribution >= 0.6 is 0 Å². The molecule has 1 atom stereocenters. The second-order valence-corrected chi connectivity index (χ2v) is 6.56. The van der Waals surface area contributed by atoms with Crippen LogP contribution in [0.1, 0.15) is 24.4 Å². The molecule has 0 saturated carbocycles. The van der Waals surface area contributed by atoms with Gasteiger partial charge in [-0.25, -0.2) is 9.97 Å². The maximum Gasteiger partial charge on any atom is 0.265 e. The molecule has 2 aliphatic heterocycles. The van der Waals surface area contributed by atoms with Gasteiger partial charge in [0.25, 0.3) is 5.91 Å². The third-order valence-corrected chi connectivity index (χ3v) is 4.54. The van der Waals surface area contributed by atoms with Crippen LogP contribution in [0.2, 0.25) is 0 Å². The Morgan fingerprint density at radius 1 is 1.23 bits per heavy atom. The number of para-hydroxylation sites is 2. The maximum absolute atomic E-state index is 12.4. The van der Waals surface area contributed by atoms with Crippen LogP contribution in [0.3, 0.4) is 0 Å². The second kappa shape index (κ2) is 7.19. The molecule has 1 fully saturated rings. The fraction of sp³-hybridized carbons (Fsp3) is 0.421. The number of aromatic nitrogens is 2. The Balaban J connectivity index is 1.39. The minimum atomic E-state index is -0.673. The smallest absolute Gasteiger partial charge is 0.265 e. The molecule has 4 rings (SSSR count). The Hall–Kier alpha value is -2.83. The van der Waals surface area contributed by atoms with Crippen LogP contribution in [0.5, 0.6) is 11.5 Å². The van der Waals surface area contributed by atoms with Crippen LogP contribution in [0.25, 0.3) is 0 Å². The van der Waals surface area contributed by atoms with Gasteiger partial charge in [0.15, 0.2) is 11.5 Å². The van der Waals surface area contributed by atoms with Crippen molar-refractivity contribution in [2.75, 3.05) is 24.6 Å². The summed E-state index contributed by atoms with van der Waals surface area (Å²) in [6.45, 7) is 4.45. The maximum atomic E-state index is 12.4. The van der Waals surface area contributed by atoms with Crippen LogP contribution in [0.15, 0.2) is 30.3 Å². The third kappa shape index (κ3) is 3.56. The molecular formula is C19H22N4O3. The predicted molar refractivity (Wildman–Crippen MR) is 96.4 cm³/mol. The molecule has 1 unspecified atom stereocenters. The van der Waals surface area contributed by atoms with Crippen molar-refractivity contribution in [3.05, 3.63) is 41.9 Å². The molecule has 1 aromatic heterocycles. The first kappa shape index (κ1) is 16.6. The second-order valence-electron chi connectivity index (χ2n) is 6.56. The Bertz CT molecular complexity index is 805. The molecule has 0 aliphatic carbocycles. The molecule has 3 heterocycles. The van der Waals surface area contributed by atoms with Crippen LogP contribution in [0.4, 0.5) is 5.82 Å². The number of aryl methyl sites for hydroxylation is 1. The molecular weight excluding hydrogens is 332 g/mol. The summed E-state index contributed by atoms with van der Waals surface area (Å²) in [7, 11) is 0. The van der Waals surface area contributed by atoms with E-state index in [4.69, 9.17) is 9.47 Å².